The van der Waals surface area contributed by atoms with E-state index in [4.69, 9.17) is 0 Å². The second kappa shape index (κ2) is 10.1. The number of aromatic nitrogens is 2. The molecule has 2 aliphatic rings. The fraction of sp³-hybridized carbons (Fsp3) is 0.560. The molecule has 0 radical (unpaired) electrons. The van der Waals surface area contributed by atoms with Crippen molar-refractivity contribution in [3.8, 4) is 0 Å². The Bertz CT molecular complexity index is 865. The van der Waals surface area contributed by atoms with Crippen molar-refractivity contribution in [2.24, 2.45) is 5.92 Å². The number of anilines is 1. The zero-order valence-corrected chi connectivity index (χ0v) is 18.6. The maximum absolute atomic E-state index is 13.3. The van der Waals surface area contributed by atoms with E-state index in [9.17, 15) is 9.59 Å². The first-order chi connectivity index (χ1) is 15.2. The van der Waals surface area contributed by atoms with Crippen LogP contribution in [-0.2, 0) is 4.79 Å². The number of hydrogen-bond donors (Lipinski definition) is 1. The predicted octanol–water partition coefficient (Wildman–Crippen LogP) is 4.75. The fourth-order valence-electron chi connectivity index (χ4n) is 5.18. The van der Waals surface area contributed by atoms with Crippen LogP contribution in [0.3, 0.4) is 0 Å². The van der Waals surface area contributed by atoms with Crippen LogP contribution in [0, 0.1) is 5.92 Å². The Morgan fingerprint density at radius 1 is 1.10 bits per heavy atom. The third-order valence-electron chi connectivity index (χ3n) is 7.03. The number of hydrogen-bond acceptors (Lipinski definition) is 3. The minimum atomic E-state index is -0.0208. The van der Waals surface area contributed by atoms with E-state index in [1.807, 2.05) is 42.2 Å². The van der Waals surface area contributed by atoms with Gasteiger partial charge in [0.1, 0.15) is 0 Å². The first-order valence-electron chi connectivity index (χ1n) is 11.8. The van der Waals surface area contributed by atoms with Gasteiger partial charge >= 0.3 is 0 Å². The Hall–Kier alpha value is -2.63. The lowest BCUT2D eigenvalue weighted by Crippen LogP contribution is -2.38. The number of amides is 2. The highest BCUT2D eigenvalue weighted by atomic mass is 16.2. The second-order valence-electron chi connectivity index (χ2n) is 8.93. The van der Waals surface area contributed by atoms with Crippen molar-refractivity contribution >= 4 is 17.5 Å². The zero-order chi connectivity index (χ0) is 21.6. The fourth-order valence-corrected chi connectivity index (χ4v) is 5.18. The molecule has 0 bridgehead atoms. The van der Waals surface area contributed by atoms with E-state index in [1.165, 1.54) is 25.7 Å². The lowest BCUT2D eigenvalue weighted by molar-refractivity contribution is -0.132. The average Bonchev–Trinajstić information content (AvgIpc) is 3.51. The monoisotopic (exact) mass is 422 g/mol. The van der Waals surface area contributed by atoms with E-state index < -0.39 is 0 Å². The van der Waals surface area contributed by atoms with Crippen molar-refractivity contribution in [1.82, 2.24) is 15.1 Å². The maximum Gasteiger partial charge on any atom is 0.261 e. The number of nitrogens with one attached hydrogen (secondary N) is 1. The Morgan fingerprint density at radius 3 is 2.48 bits per heavy atom. The van der Waals surface area contributed by atoms with Crippen LogP contribution < -0.4 is 4.90 Å². The number of piperidine rings is 1. The molecular weight excluding hydrogens is 388 g/mol. The summed E-state index contributed by atoms with van der Waals surface area (Å²) in [5.74, 6) is 1.26. The Balaban J connectivity index is 1.36. The Kier molecular flexibility index (Phi) is 7.05. The smallest absolute Gasteiger partial charge is 0.261 e. The van der Waals surface area contributed by atoms with Crippen LogP contribution in [0.15, 0.2) is 36.5 Å². The van der Waals surface area contributed by atoms with Crippen LogP contribution in [0.4, 0.5) is 5.69 Å². The highest BCUT2D eigenvalue weighted by molar-refractivity contribution is 6.06. The van der Waals surface area contributed by atoms with Crippen molar-refractivity contribution in [2.45, 2.75) is 64.2 Å². The van der Waals surface area contributed by atoms with Crippen LogP contribution in [0.5, 0.6) is 0 Å². The number of aromatic amines is 1. The van der Waals surface area contributed by atoms with Gasteiger partial charge in [-0.15, -0.1) is 0 Å². The molecule has 1 aliphatic carbocycles. The lowest BCUT2D eigenvalue weighted by Gasteiger charge is -2.32. The van der Waals surface area contributed by atoms with E-state index in [0.717, 1.165) is 49.7 Å². The molecule has 0 unspecified atom stereocenters. The molecule has 1 saturated carbocycles. The van der Waals surface area contributed by atoms with E-state index in [1.54, 1.807) is 11.1 Å². The minimum absolute atomic E-state index is 0.0208. The molecule has 0 spiro atoms. The van der Waals surface area contributed by atoms with Gasteiger partial charge in [-0.3, -0.25) is 14.7 Å². The van der Waals surface area contributed by atoms with Crippen LogP contribution >= 0.6 is 0 Å². The summed E-state index contributed by atoms with van der Waals surface area (Å²) in [5, 5.41) is 7.30. The average molecular weight is 423 g/mol. The van der Waals surface area contributed by atoms with Gasteiger partial charge in [-0.2, -0.15) is 5.10 Å². The largest absolute Gasteiger partial charge is 0.343 e. The topological polar surface area (TPSA) is 69.3 Å². The minimum Gasteiger partial charge on any atom is -0.343 e. The van der Waals surface area contributed by atoms with Crippen LogP contribution in [-0.4, -0.2) is 46.5 Å². The van der Waals surface area contributed by atoms with E-state index in [0.29, 0.717) is 24.4 Å². The quantitative estimate of drug-likeness (QED) is 0.700. The number of carbonyl (C=O) groups is 2. The zero-order valence-electron chi connectivity index (χ0n) is 18.6. The summed E-state index contributed by atoms with van der Waals surface area (Å²) in [6.07, 6.45) is 10.4. The molecule has 31 heavy (non-hydrogen) atoms. The molecule has 1 saturated heterocycles. The first-order valence-corrected chi connectivity index (χ1v) is 11.8. The Labute approximate surface area is 185 Å². The number of H-pyrrole nitrogens is 1. The molecule has 166 valence electrons. The number of rotatable bonds is 7. The molecule has 1 aromatic heterocycles. The van der Waals surface area contributed by atoms with Crippen molar-refractivity contribution in [3.05, 3.63) is 47.8 Å². The second-order valence-corrected chi connectivity index (χ2v) is 8.93. The van der Waals surface area contributed by atoms with E-state index in [-0.39, 0.29) is 11.8 Å². The van der Waals surface area contributed by atoms with Gasteiger partial charge in [-0.05, 0) is 44.2 Å². The molecule has 4 rings (SSSR count). The van der Waals surface area contributed by atoms with Crippen molar-refractivity contribution in [3.63, 3.8) is 0 Å². The molecule has 0 atom stereocenters. The molecule has 2 fully saturated rings. The lowest BCUT2D eigenvalue weighted by atomic mass is 9.90. The van der Waals surface area contributed by atoms with Crippen molar-refractivity contribution in [2.75, 3.05) is 24.5 Å². The molecule has 6 heteroatoms. The highest BCUT2D eigenvalue weighted by Gasteiger charge is 2.30. The number of benzene rings is 1. The first kappa shape index (κ1) is 21.6. The molecular formula is C25H34N4O2. The molecule has 2 heterocycles. The number of nitrogens with zero attached hydrogens (tertiary/aromatic N) is 3. The standard InChI is InChI=1S/C25H34N4O2/c1-2-29(21-10-4-3-5-11-21)25(31)22-18-26-27-24(22)20-14-16-28(17-15-20)23(30)13-12-19-8-6-7-9-19/h3-5,10-11,18-20H,2,6-9,12-17H2,1H3,(H,26,27). The third kappa shape index (κ3) is 5.00. The molecule has 2 aromatic rings. The van der Waals surface area contributed by atoms with Gasteiger partial charge in [0.05, 0.1) is 17.5 Å². The van der Waals surface area contributed by atoms with Crippen molar-refractivity contribution < 1.29 is 9.59 Å². The van der Waals surface area contributed by atoms with Gasteiger partial charge in [0.15, 0.2) is 0 Å². The van der Waals surface area contributed by atoms with Gasteiger partial charge in [0.25, 0.3) is 5.91 Å². The summed E-state index contributed by atoms with van der Waals surface area (Å²) in [6, 6.07) is 9.75. The van der Waals surface area contributed by atoms with E-state index >= 15 is 0 Å². The number of para-hydroxylation sites is 1. The molecule has 1 aromatic carbocycles. The SMILES string of the molecule is CCN(C(=O)c1cn[nH]c1C1CCN(C(=O)CCC2CCCC2)CC1)c1ccccc1. The van der Waals surface area contributed by atoms with Gasteiger partial charge < -0.3 is 9.80 Å². The van der Waals surface area contributed by atoms with Crippen LogP contribution in [0.2, 0.25) is 0 Å². The molecule has 6 nitrogen and oxygen atoms in total. The summed E-state index contributed by atoms with van der Waals surface area (Å²) in [7, 11) is 0. The molecule has 1 aliphatic heterocycles. The van der Waals surface area contributed by atoms with Gasteiger partial charge in [-0.1, -0.05) is 43.9 Å². The summed E-state index contributed by atoms with van der Waals surface area (Å²) in [6.45, 7) is 4.11. The third-order valence-corrected chi connectivity index (χ3v) is 7.03. The van der Waals surface area contributed by atoms with Gasteiger partial charge in [0, 0.05) is 37.7 Å². The van der Waals surface area contributed by atoms with Crippen molar-refractivity contribution in [1.29, 1.82) is 0 Å². The van der Waals surface area contributed by atoms with Crippen LogP contribution in [0.25, 0.3) is 0 Å². The summed E-state index contributed by atoms with van der Waals surface area (Å²) in [4.78, 5) is 29.7. The number of likely N-dealkylation sites (tertiary alicyclic amines) is 1. The maximum atomic E-state index is 13.3. The van der Waals surface area contributed by atoms with Gasteiger partial charge in [0.2, 0.25) is 5.91 Å². The molecule has 1 N–H and O–H groups in total. The van der Waals surface area contributed by atoms with Gasteiger partial charge in [-0.25, -0.2) is 0 Å². The van der Waals surface area contributed by atoms with E-state index in [2.05, 4.69) is 10.2 Å². The summed E-state index contributed by atoms with van der Waals surface area (Å²) in [5.41, 5.74) is 2.46. The molecule has 2 amide bonds. The number of carbonyl (C=O) groups excluding carboxylic acids is 2. The Morgan fingerprint density at radius 2 is 1.81 bits per heavy atom. The van der Waals surface area contributed by atoms with Crippen LogP contribution in [0.1, 0.15) is 80.3 Å². The predicted molar refractivity (Wildman–Crippen MR) is 122 cm³/mol. The summed E-state index contributed by atoms with van der Waals surface area (Å²) >= 11 is 0. The summed E-state index contributed by atoms with van der Waals surface area (Å²) < 4.78 is 0. The normalized spacial score (nSPS) is 17.8. The highest BCUT2D eigenvalue weighted by Crippen LogP contribution is 2.32.